The van der Waals surface area contributed by atoms with Gasteiger partial charge in [0.05, 0.1) is 6.04 Å². The molecule has 23 heavy (non-hydrogen) atoms. The number of nitrogens with zero attached hydrogens (tertiary/aromatic N) is 2. The van der Waals surface area contributed by atoms with Crippen LogP contribution in [0.1, 0.15) is 30.5 Å². The summed E-state index contributed by atoms with van der Waals surface area (Å²) in [6.45, 7) is 8.01. The average Bonchev–Trinajstić information content (AvgIpc) is 2.60. The van der Waals surface area contributed by atoms with Crippen LogP contribution >= 0.6 is 11.6 Å². The summed E-state index contributed by atoms with van der Waals surface area (Å²) in [7, 11) is 0. The highest BCUT2D eigenvalue weighted by Crippen LogP contribution is 2.30. The molecule has 122 valence electrons. The smallest absolute Gasteiger partial charge is 0.0602 e. The van der Waals surface area contributed by atoms with Crippen molar-refractivity contribution in [2.45, 2.75) is 19.4 Å². The van der Waals surface area contributed by atoms with Crippen molar-refractivity contribution in [2.75, 3.05) is 32.7 Å². The minimum atomic E-state index is 0.317. The maximum absolute atomic E-state index is 6.08. The summed E-state index contributed by atoms with van der Waals surface area (Å²) in [5, 5.41) is 0.799. The van der Waals surface area contributed by atoms with Gasteiger partial charge in [0.1, 0.15) is 0 Å². The first-order valence-electron chi connectivity index (χ1n) is 8.54. The molecular weight excluding hydrogens is 304 g/mol. The normalized spacial score (nSPS) is 18.0. The summed E-state index contributed by atoms with van der Waals surface area (Å²) in [6.07, 6.45) is 1.24. The number of benzene rings is 2. The topological polar surface area (TPSA) is 6.48 Å². The number of hydrogen-bond acceptors (Lipinski definition) is 2. The van der Waals surface area contributed by atoms with Crippen molar-refractivity contribution in [3.05, 3.63) is 70.7 Å². The van der Waals surface area contributed by atoms with Gasteiger partial charge in [-0.3, -0.25) is 4.90 Å². The van der Waals surface area contributed by atoms with E-state index in [0.717, 1.165) is 31.2 Å². The predicted molar refractivity (Wildman–Crippen MR) is 98.0 cm³/mol. The molecule has 2 aromatic carbocycles. The van der Waals surface area contributed by atoms with Gasteiger partial charge in [-0.15, -0.1) is 0 Å². The summed E-state index contributed by atoms with van der Waals surface area (Å²) >= 11 is 6.08. The van der Waals surface area contributed by atoms with Crippen LogP contribution in [0, 0.1) is 0 Å². The molecule has 0 aliphatic carbocycles. The van der Waals surface area contributed by atoms with Crippen LogP contribution < -0.4 is 0 Å². The quantitative estimate of drug-likeness (QED) is 0.799. The third-order valence-electron chi connectivity index (χ3n) is 4.61. The number of halogens is 1. The molecular formula is C20H25ClN2. The van der Waals surface area contributed by atoms with E-state index in [4.69, 9.17) is 11.6 Å². The van der Waals surface area contributed by atoms with Crippen LogP contribution in [-0.4, -0.2) is 42.5 Å². The second-order valence-corrected chi connectivity index (χ2v) is 6.68. The van der Waals surface area contributed by atoms with Gasteiger partial charge in [0.15, 0.2) is 0 Å². The van der Waals surface area contributed by atoms with Crippen molar-refractivity contribution in [3.8, 4) is 0 Å². The summed E-state index contributed by atoms with van der Waals surface area (Å²) in [4.78, 5) is 5.17. The Bertz CT molecular complexity index is 589. The lowest BCUT2D eigenvalue weighted by Crippen LogP contribution is -2.47. The highest BCUT2D eigenvalue weighted by Gasteiger charge is 2.25. The molecule has 1 aliphatic rings. The second-order valence-electron chi connectivity index (χ2n) is 6.24. The van der Waals surface area contributed by atoms with Gasteiger partial charge in [0, 0.05) is 31.2 Å². The van der Waals surface area contributed by atoms with E-state index in [1.165, 1.54) is 24.1 Å². The first-order valence-corrected chi connectivity index (χ1v) is 8.92. The second kappa shape index (κ2) is 7.96. The van der Waals surface area contributed by atoms with Gasteiger partial charge in [0.2, 0.25) is 0 Å². The first kappa shape index (κ1) is 16.5. The molecule has 0 unspecified atom stereocenters. The number of piperazine rings is 1. The summed E-state index contributed by atoms with van der Waals surface area (Å²) in [6, 6.07) is 19.5. The summed E-state index contributed by atoms with van der Waals surface area (Å²) in [5.74, 6) is 0. The van der Waals surface area contributed by atoms with Crippen LogP contribution in [0.3, 0.4) is 0 Å². The first-order chi connectivity index (χ1) is 11.3. The van der Waals surface area contributed by atoms with Gasteiger partial charge < -0.3 is 4.90 Å². The molecule has 0 spiro atoms. The summed E-state index contributed by atoms with van der Waals surface area (Å²) < 4.78 is 0. The Hall–Kier alpha value is -1.35. The van der Waals surface area contributed by atoms with Crippen molar-refractivity contribution in [1.29, 1.82) is 0 Å². The minimum absolute atomic E-state index is 0.317. The third-order valence-corrected chi connectivity index (χ3v) is 4.86. The Morgan fingerprint density at radius 2 is 1.48 bits per heavy atom. The van der Waals surface area contributed by atoms with E-state index in [0.29, 0.717) is 6.04 Å². The highest BCUT2D eigenvalue weighted by atomic mass is 35.5. The Morgan fingerprint density at radius 1 is 0.870 bits per heavy atom. The van der Waals surface area contributed by atoms with Crippen molar-refractivity contribution in [1.82, 2.24) is 9.80 Å². The lowest BCUT2D eigenvalue weighted by molar-refractivity contribution is 0.109. The monoisotopic (exact) mass is 328 g/mol. The van der Waals surface area contributed by atoms with E-state index in [1.54, 1.807) is 0 Å². The zero-order valence-corrected chi connectivity index (χ0v) is 14.5. The maximum Gasteiger partial charge on any atom is 0.0602 e. The van der Waals surface area contributed by atoms with Gasteiger partial charge in [0.25, 0.3) is 0 Å². The molecule has 0 aromatic heterocycles. The van der Waals surface area contributed by atoms with Crippen LogP contribution in [-0.2, 0) is 0 Å². The van der Waals surface area contributed by atoms with Crippen LogP contribution in [0.2, 0.25) is 5.02 Å². The zero-order valence-electron chi connectivity index (χ0n) is 13.8. The van der Waals surface area contributed by atoms with E-state index in [2.05, 4.69) is 59.2 Å². The Balaban J connectivity index is 1.83. The highest BCUT2D eigenvalue weighted by molar-refractivity contribution is 6.30. The van der Waals surface area contributed by atoms with Gasteiger partial charge in [-0.1, -0.05) is 61.0 Å². The zero-order chi connectivity index (χ0) is 16.1. The van der Waals surface area contributed by atoms with E-state index >= 15 is 0 Å². The number of rotatable bonds is 5. The molecule has 1 heterocycles. The molecule has 2 nitrogen and oxygen atoms in total. The van der Waals surface area contributed by atoms with E-state index in [1.807, 2.05) is 12.1 Å². The van der Waals surface area contributed by atoms with Gasteiger partial charge in [-0.25, -0.2) is 0 Å². The lowest BCUT2D eigenvalue weighted by atomic mass is 9.96. The third kappa shape index (κ3) is 4.14. The molecule has 1 atom stereocenters. The Morgan fingerprint density at radius 3 is 2.09 bits per heavy atom. The van der Waals surface area contributed by atoms with Gasteiger partial charge >= 0.3 is 0 Å². The molecule has 2 aromatic rings. The van der Waals surface area contributed by atoms with Gasteiger partial charge in [-0.2, -0.15) is 0 Å². The molecule has 0 amide bonds. The SMILES string of the molecule is CCCN1CCN([C@H](c2ccccc2)c2ccc(Cl)cc2)CC1. The summed E-state index contributed by atoms with van der Waals surface area (Å²) in [5.41, 5.74) is 2.68. The molecule has 1 aliphatic heterocycles. The fraction of sp³-hybridized carbons (Fsp3) is 0.400. The fourth-order valence-electron chi connectivity index (χ4n) is 3.46. The molecule has 0 bridgehead atoms. The maximum atomic E-state index is 6.08. The Labute approximate surface area is 144 Å². The molecule has 1 fully saturated rings. The standard InChI is InChI=1S/C20H25ClN2/c1-2-12-22-13-15-23(16-14-22)20(17-6-4-3-5-7-17)18-8-10-19(21)11-9-18/h3-11,20H,2,12-16H2,1H3/t20-/m1/s1. The molecule has 0 N–H and O–H groups in total. The van der Waals surface area contributed by atoms with Crippen molar-refractivity contribution in [3.63, 3.8) is 0 Å². The Kier molecular flexibility index (Phi) is 5.71. The molecule has 0 radical (unpaired) electrons. The van der Waals surface area contributed by atoms with Crippen molar-refractivity contribution in [2.24, 2.45) is 0 Å². The fourth-order valence-corrected chi connectivity index (χ4v) is 3.58. The van der Waals surface area contributed by atoms with E-state index in [9.17, 15) is 0 Å². The predicted octanol–water partition coefficient (Wildman–Crippen LogP) is 4.46. The van der Waals surface area contributed by atoms with Crippen LogP contribution in [0.5, 0.6) is 0 Å². The van der Waals surface area contributed by atoms with Crippen LogP contribution in [0.25, 0.3) is 0 Å². The van der Waals surface area contributed by atoms with E-state index < -0.39 is 0 Å². The minimum Gasteiger partial charge on any atom is -0.301 e. The van der Waals surface area contributed by atoms with Crippen LogP contribution in [0.4, 0.5) is 0 Å². The van der Waals surface area contributed by atoms with Gasteiger partial charge in [-0.05, 0) is 36.2 Å². The molecule has 3 heteroatoms. The lowest BCUT2D eigenvalue weighted by Gasteiger charge is -2.39. The van der Waals surface area contributed by atoms with Crippen molar-refractivity contribution < 1.29 is 0 Å². The largest absolute Gasteiger partial charge is 0.301 e. The number of hydrogen-bond donors (Lipinski definition) is 0. The molecule has 1 saturated heterocycles. The van der Waals surface area contributed by atoms with Crippen molar-refractivity contribution >= 4 is 11.6 Å². The van der Waals surface area contributed by atoms with Crippen LogP contribution in [0.15, 0.2) is 54.6 Å². The molecule has 3 rings (SSSR count). The molecule has 0 saturated carbocycles. The average molecular weight is 329 g/mol. The van der Waals surface area contributed by atoms with E-state index in [-0.39, 0.29) is 0 Å².